The van der Waals surface area contributed by atoms with Crippen LogP contribution >= 0.6 is 11.6 Å². The summed E-state index contributed by atoms with van der Waals surface area (Å²) in [7, 11) is 1.78. The minimum absolute atomic E-state index is 0.0258. The zero-order chi connectivity index (χ0) is 6.69. The van der Waals surface area contributed by atoms with E-state index in [4.69, 9.17) is 11.6 Å². The van der Waals surface area contributed by atoms with E-state index in [0.29, 0.717) is 12.5 Å². The molecule has 0 fully saturated rings. The first kappa shape index (κ1) is 6.55. The first-order valence-electron chi connectivity index (χ1n) is 2.73. The maximum absolute atomic E-state index is 5.65. The molecule has 0 aromatic heterocycles. The molecule has 1 aliphatic heterocycles. The molecule has 1 aliphatic rings. The quantitative estimate of drug-likeness (QED) is 0.488. The minimum atomic E-state index is -0.0258. The summed E-state index contributed by atoms with van der Waals surface area (Å²) in [4.78, 5) is 7.92. The van der Waals surface area contributed by atoms with Gasteiger partial charge in [0.05, 0.1) is 11.9 Å². The first-order valence-corrected chi connectivity index (χ1v) is 3.17. The third kappa shape index (κ3) is 1.68. The van der Waals surface area contributed by atoms with E-state index in [2.05, 4.69) is 15.3 Å². The molecule has 0 amide bonds. The highest BCUT2D eigenvalue weighted by Gasteiger charge is 2.04. The van der Waals surface area contributed by atoms with Crippen molar-refractivity contribution in [2.45, 2.75) is 5.38 Å². The van der Waals surface area contributed by atoms with Crippen LogP contribution < -0.4 is 5.32 Å². The van der Waals surface area contributed by atoms with E-state index in [9.17, 15) is 0 Å². The van der Waals surface area contributed by atoms with Crippen LogP contribution in [0.1, 0.15) is 0 Å². The normalized spacial score (nSPS) is 25.6. The molecule has 1 heterocycles. The Morgan fingerprint density at radius 2 is 2.67 bits per heavy atom. The summed E-state index contributed by atoms with van der Waals surface area (Å²) in [5, 5.41) is 2.79. The fourth-order valence-electron chi connectivity index (χ4n) is 0.557. The van der Waals surface area contributed by atoms with Gasteiger partial charge in [0.15, 0.2) is 0 Å². The maximum atomic E-state index is 5.65. The van der Waals surface area contributed by atoms with E-state index in [1.807, 2.05) is 0 Å². The molecule has 1 rings (SSSR count). The van der Waals surface area contributed by atoms with Crippen molar-refractivity contribution >= 4 is 23.8 Å². The Balaban J connectivity index is 2.52. The van der Waals surface area contributed by atoms with Crippen molar-refractivity contribution < 1.29 is 0 Å². The monoisotopic (exact) mass is 145 g/mol. The predicted molar refractivity (Wildman–Crippen MR) is 39.5 cm³/mol. The third-order valence-electron chi connectivity index (χ3n) is 0.998. The molecule has 3 nitrogen and oxygen atoms in total. The van der Waals surface area contributed by atoms with Gasteiger partial charge in [-0.25, -0.2) is 9.98 Å². The lowest BCUT2D eigenvalue weighted by Gasteiger charge is -2.06. The van der Waals surface area contributed by atoms with Gasteiger partial charge in [-0.15, -0.1) is 11.6 Å². The van der Waals surface area contributed by atoms with Gasteiger partial charge in [-0.2, -0.15) is 0 Å². The average Bonchev–Trinajstić information content (AvgIpc) is 1.90. The second-order valence-electron chi connectivity index (χ2n) is 1.71. The minimum Gasteiger partial charge on any atom is -0.358 e. The van der Waals surface area contributed by atoms with Gasteiger partial charge in [-0.3, -0.25) is 0 Å². The van der Waals surface area contributed by atoms with E-state index in [0.717, 1.165) is 0 Å². The van der Waals surface area contributed by atoms with Crippen LogP contribution in [0.15, 0.2) is 9.98 Å². The number of guanidine groups is 1. The Bertz CT molecular complexity index is 152. The summed E-state index contributed by atoms with van der Waals surface area (Å²) >= 11 is 5.65. The van der Waals surface area contributed by atoms with Crippen molar-refractivity contribution in [3.8, 4) is 0 Å². The number of halogens is 1. The molecule has 1 atom stereocenters. The van der Waals surface area contributed by atoms with E-state index >= 15 is 0 Å². The van der Waals surface area contributed by atoms with E-state index in [-0.39, 0.29) is 5.38 Å². The SMILES string of the molecule is CNC1=NCC(Cl)C=N1. The molecule has 0 saturated heterocycles. The number of rotatable bonds is 0. The highest BCUT2D eigenvalue weighted by molar-refractivity contribution is 6.29. The van der Waals surface area contributed by atoms with Crippen molar-refractivity contribution in [2.24, 2.45) is 9.98 Å². The van der Waals surface area contributed by atoms with Gasteiger partial charge in [0.25, 0.3) is 0 Å². The lowest BCUT2D eigenvalue weighted by molar-refractivity contribution is 0.989. The highest BCUT2D eigenvalue weighted by Crippen LogP contribution is 1.97. The fourth-order valence-corrected chi connectivity index (χ4v) is 0.682. The van der Waals surface area contributed by atoms with Gasteiger partial charge in [-0.05, 0) is 0 Å². The highest BCUT2D eigenvalue weighted by atomic mass is 35.5. The van der Waals surface area contributed by atoms with Gasteiger partial charge in [0.2, 0.25) is 5.96 Å². The number of alkyl halides is 1. The van der Waals surface area contributed by atoms with E-state index in [1.165, 1.54) is 0 Å². The summed E-state index contributed by atoms with van der Waals surface area (Å²) in [6.45, 7) is 0.626. The molecule has 0 aliphatic carbocycles. The average molecular weight is 146 g/mol. The predicted octanol–water partition coefficient (Wildman–Crippen LogP) is 0.254. The van der Waals surface area contributed by atoms with Crippen LogP contribution in [0.3, 0.4) is 0 Å². The Morgan fingerprint density at radius 1 is 1.89 bits per heavy atom. The van der Waals surface area contributed by atoms with Crippen molar-refractivity contribution in [3.05, 3.63) is 0 Å². The summed E-state index contributed by atoms with van der Waals surface area (Å²) < 4.78 is 0. The fraction of sp³-hybridized carbons (Fsp3) is 0.600. The molecular formula is C5H8ClN3. The molecule has 0 aromatic rings. The largest absolute Gasteiger partial charge is 0.358 e. The molecule has 0 radical (unpaired) electrons. The van der Waals surface area contributed by atoms with Crippen LogP contribution in [0.2, 0.25) is 0 Å². The van der Waals surface area contributed by atoms with Crippen LogP contribution in [0.5, 0.6) is 0 Å². The van der Waals surface area contributed by atoms with Gasteiger partial charge in [-0.1, -0.05) is 0 Å². The zero-order valence-corrected chi connectivity index (χ0v) is 5.89. The molecule has 0 saturated carbocycles. The zero-order valence-electron chi connectivity index (χ0n) is 5.13. The number of nitrogens with one attached hydrogen (secondary N) is 1. The first-order chi connectivity index (χ1) is 4.33. The number of hydrogen-bond acceptors (Lipinski definition) is 3. The van der Waals surface area contributed by atoms with E-state index in [1.54, 1.807) is 13.3 Å². The Labute approximate surface area is 58.8 Å². The van der Waals surface area contributed by atoms with Crippen LogP contribution in [0.4, 0.5) is 0 Å². The number of hydrogen-bond donors (Lipinski definition) is 1. The molecule has 4 heteroatoms. The van der Waals surface area contributed by atoms with Gasteiger partial charge >= 0.3 is 0 Å². The second-order valence-corrected chi connectivity index (χ2v) is 2.27. The van der Waals surface area contributed by atoms with Gasteiger partial charge < -0.3 is 5.32 Å². The molecule has 9 heavy (non-hydrogen) atoms. The molecule has 0 aromatic carbocycles. The Hall–Kier alpha value is -0.570. The smallest absolute Gasteiger partial charge is 0.217 e. The molecule has 0 bridgehead atoms. The summed E-state index contributed by atoms with van der Waals surface area (Å²) in [6, 6.07) is 0. The topological polar surface area (TPSA) is 36.8 Å². The summed E-state index contributed by atoms with van der Waals surface area (Å²) in [5.41, 5.74) is 0. The maximum Gasteiger partial charge on any atom is 0.217 e. The lowest BCUT2D eigenvalue weighted by atomic mass is 10.4. The third-order valence-corrected chi connectivity index (χ3v) is 1.25. The van der Waals surface area contributed by atoms with Crippen LogP contribution in [0.25, 0.3) is 0 Å². The van der Waals surface area contributed by atoms with Crippen LogP contribution in [0, 0.1) is 0 Å². The van der Waals surface area contributed by atoms with Crippen molar-refractivity contribution in [1.29, 1.82) is 0 Å². The summed E-state index contributed by atoms with van der Waals surface area (Å²) in [5.74, 6) is 0.659. The van der Waals surface area contributed by atoms with Crippen molar-refractivity contribution in [2.75, 3.05) is 13.6 Å². The lowest BCUT2D eigenvalue weighted by Crippen LogP contribution is -2.23. The Kier molecular flexibility index (Phi) is 2.05. The molecular weight excluding hydrogens is 138 g/mol. The van der Waals surface area contributed by atoms with E-state index < -0.39 is 0 Å². The summed E-state index contributed by atoms with van der Waals surface area (Å²) in [6.07, 6.45) is 1.68. The number of nitrogens with zero attached hydrogens (tertiary/aromatic N) is 2. The standard InChI is InChI=1S/C5H8ClN3/c1-7-5-8-2-4(6)3-9-5/h2,4H,3H2,1H3,(H,7,9). The van der Waals surface area contributed by atoms with Crippen molar-refractivity contribution in [3.63, 3.8) is 0 Å². The molecule has 50 valence electrons. The molecule has 1 unspecified atom stereocenters. The molecule has 0 spiro atoms. The second kappa shape index (κ2) is 2.82. The number of aliphatic imine (C=N–C) groups is 2. The van der Waals surface area contributed by atoms with Gasteiger partial charge in [0.1, 0.15) is 0 Å². The Morgan fingerprint density at radius 3 is 3.11 bits per heavy atom. The van der Waals surface area contributed by atoms with Gasteiger partial charge in [0, 0.05) is 13.3 Å². The molecule has 1 N–H and O–H groups in total. The van der Waals surface area contributed by atoms with Crippen LogP contribution in [-0.4, -0.2) is 31.1 Å². The van der Waals surface area contributed by atoms with Crippen molar-refractivity contribution in [1.82, 2.24) is 5.32 Å². The van der Waals surface area contributed by atoms with Crippen LogP contribution in [-0.2, 0) is 0 Å².